The van der Waals surface area contributed by atoms with Crippen molar-refractivity contribution in [3.8, 4) is 0 Å². The molecule has 1 aromatic heterocycles. The Hall–Kier alpha value is -0.430. The van der Waals surface area contributed by atoms with Gasteiger partial charge in [-0.3, -0.25) is 0 Å². The van der Waals surface area contributed by atoms with Gasteiger partial charge < -0.3 is 5.32 Å². The highest BCUT2D eigenvalue weighted by Crippen LogP contribution is 2.30. The third-order valence-corrected chi connectivity index (χ3v) is 7.44. The third-order valence-electron chi connectivity index (χ3n) is 4.05. The van der Waals surface area contributed by atoms with E-state index < -0.39 is 10.0 Å². The van der Waals surface area contributed by atoms with E-state index in [9.17, 15) is 8.42 Å². The number of aryl methyl sites for hydroxylation is 1. The van der Waals surface area contributed by atoms with Crippen molar-refractivity contribution >= 4 is 21.4 Å². The Morgan fingerprint density at radius 2 is 2.10 bits per heavy atom. The topological polar surface area (TPSA) is 49.4 Å². The van der Waals surface area contributed by atoms with Crippen LogP contribution in [0.4, 0.5) is 0 Å². The van der Waals surface area contributed by atoms with Gasteiger partial charge in [0.15, 0.2) is 0 Å². The van der Waals surface area contributed by atoms with Gasteiger partial charge in [0, 0.05) is 34.9 Å². The van der Waals surface area contributed by atoms with Crippen LogP contribution in [0.2, 0.25) is 0 Å². The fraction of sp³-hybridized carbons (Fsp3) is 0.733. The molecule has 2 rings (SSSR count). The standard InChI is InChI=1S/C15H26N2O2S2/c1-5-11(3)17(6-2)21(18,19)15-9-14(20-12(15)4)10-16-13-7-8-13/h9,11,13,16H,5-8,10H2,1-4H3. The molecule has 6 heteroatoms. The van der Waals surface area contributed by atoms with Gasteiger partial charge in [-0.05, 0) is 39.2 Å². The second-order valence-electron chi connectivity index (χ2n) is 5.75. The van der Waals surface area contributed by atoms with Crippen molar-refractivity contribution < 1.29 is 8.42 Å². The zero-order chi connectivity index (χ0) is 15.6. The molecular formula is C15H26N2O2S2. The molecule has 0 bridgehead atoms. The molecule has 1 aliphatic carbocycles. The molecule has 21 heavy (non-hydrogen) atoms. The molecule has 4 nitrogen and oxygen atoms in total. The fourth-order valence-corrected chi connectivity index (χ4v) is 5.72. The van der Waals surface area contributed by atoms with Crippen LogP contribution in [-0.4, -0.2) is 31.4 Å². The summed E-state index contributed by atoms with van der Waals surface area (Å²) in [5, 5.41) is 3.44. The van der Waals surface area contributed by atoms with Gasteiger partial charge in [0.25, 0.3) is 0 Å². The molecule has 0 radical (unpaired) electrons. The van der Waals surface area contributed by atoms with Crippen LogP contribution in [0.5, 0.6) is 0 Å². The number of sulfonamides is 1. The average Bonchev–Trinajstić information content (AvgIpc) is 3.18. The first-order chi connectivity index (χ1) is 9.90. The van der Waals surface area contributed by atoms with Crippen LogP contribution < -0.4 is 5.32 Å². The maximum absolute atomic E-state index is 12.9. The number of rotatable bonds is 8. The molecule has 1 unspecified atom stereocenters. The minimum atomic E-state index is -3.38. The molecule has 1 aromatic rings. The SMILES string of the molecule is CCC(C)N(CC)S(=O)(=O)c1cc(CNC2CC2)sc1C. The van der Waals surface area contributed by atoms with Crippen LogP contribution in [0.25, 0.3) is 0 Å². The summed E-state index contributed by atoms with van der Waals surface area (Å²) in [7, 11) is -3.38. The summed E-state index contributed by atoms with van der Waals surface area (Å²) in [5.74, 6) is 0. The number of hydrogen-bond donors (Lipinski definition) is 1. The average molecular weight is 331 g/mol. The molecule has 120 valence electrons. The molecule has 0 aromatic carbocycles. The van der Waals surface area contributed by atoms with Crippen molar-refractivity contribution in [2.45, 2.75) is 70.5 Å². The third kappa shape index (κ3) is 3.86. The van der Waals surface area contributed by atoms with E-state index in [1.54, 1.807) is 15.6 Å². The molecule has 0 amide bonds. The lowest BCUT2D eigenvalue weighted by Gasteiger charge is -2.26. The van der Waals surface area contributed by atoms with E-state index in [1.165, 1.54) is 12.8 Å². The lowest BCUT2D eigenvalue weighted by molar-refractivity contribution is 0.342. The van der Waals surface area contributed by atoms with E-state index in [0.717, 1.165) is 22.7 Å². The van der Waals surface area contributed by atoms with Crippen molar-refractivity contribution in [3.63, 3.8) is 0 Å². The first-order valence-electron chi connectivity index (χ1n) is 7.74. The monoisotopic (exact) mass is 330 g/mol. The predicted octanol–water partition coefficient (Wildman–Crippen LogP) is 3.12. The van der Waals surface area contributed by atoms with Gasteiger partial charge in [-0.15, -0.1) is 11.3 Å². The van der Waals surface area contributed by atoms with Gasteiger partial charge in [0.05, 0.1) is 4.90 Å². The van der Waals surface area contributed by atoms with Gasteiger partial charge in [-0.25, -0.2) is 8.42 Å². The van der Waals surface area contributed by atoms with Gasteiger partial charge in [-0.2, -0.15) is 4.31 Å². The van der Waals surface area contributed by atoms with Crippen LogP contribution in [0.3, 0.4) is 0 Å². The van der Waals surface area contributed by atoms with E-state index in [2.05, 4.69) is 5.32 Å². The second kappa shape index (κ2) is 6.77. The van der Waals surface area contributed by atoms with Gasteiger partial charge in [-0.1, -0.05) is 13.8 Å². The van der Waals surface area contributed by atoms with Gasteiger partial charge in [0.2, 0.25) is 10.0 Å². The van der Waals surface area contributed by atoms with Crippen LogP contribution in [-0.2, 0) is 16.6 Å². The molecule has 1 saturated carbocycles. The van der Waals surface area contributed by atoms with Crippen molar-refractivity contribution in [2.24, 2.45) is 0 Å². The van der Waals surface area contributed by atoms with Gasteiger partial charge in [0.1, 0.15) is 0 Å². The lowest BCUT2D eigenvalue weighted by atomic mass is 10.3. The van der Waals surface area contributed by atoms with Crippen molar-refractivity contribution in [1.82, 2.24) is 9.62 Å². The molecule has 1 aliphatic rings. The molecule has 0 aliphatic heterocycles. The zero-order valence-electron chi connectivity index (χ0n) is 13.3. The van der Waals surface area contributed by atoms with E-state index in [4.69, 9.17) is 0 Å². The van der Waals surface area contributed by atoms with Crippen LogP contribution in [0.1, 0.15) is 49.8 Å². The fourth-order valence-electron chi connectivity index (χ4n) is 2.45. The largest absolute Gasteiger partial charge is 0.309 e. The predicted molar refractivity (Wildman–Crippen MR) is 88.2 cm³/mol. The lowest BCUT2D eigenvalue weighted by Crippen LogP contribution is -2.38. The molecule has 1 fully saturated rings. The quantitative estimate of drug-likeness (QED) is 0.797. The van der Waals surface area contributed by atoms with Crippen LogP contribution in [0, 0.1) is 6.92 Å². The Balaban J connectivity index is 2.21. The number of nitrogens with zero attached hydrogens (tertiary/aromatic N) is 1. The summed E-state index contributed by atoms with van der Waals surface area (Å²) in [4.78, 5) is 2.49. The Morgan fingerprint density at radius 1 is 1.43 bits per heavy atom. The van der Waals surface area contributed by atoms with Crippen molar-refractivity contribution in [2.75, 3.05) is 6.54 Å². The molecule has 1 atom stereocenters. The summed E-state index contributed by atoms with van der Waals surface area (Å²) in [6, 6.07) is 2.53. The zero-order valence-corrected chi connectivity index (χ0v) is 15.0. The van der Waals surface area contributed by atoms with Crippen LogP contribution >= 0.6 is 11.3 Å². The first kappa shape index (κ1) is 16.9. The Kier molecular flexibility index (Phi) is 5.46. The molecule has 1 N–H and O–H groups in total. The molecule has 0 saturated heterocycles. The summed E-state index contributed by atoms with van der Waals surface area (Å²) in [6.45, 7) is 9.10. The van der Waals surface area contributed by atoms with E-state index in [1.807, 2.05) is 33.8 Å². The normalized spacial score (nSPS) is 17.4. The van der Waals surface area contributed by atoms with Crippen LogP contribution in [0.15, 0.2) is 11.0 Å². The molecule has 1 heterocycles. The van der Waals surface area contributed by atoms with Crippen molar-refractivity contribution in [1.29, 1.82) is 0 Å². The minimum Gasteiger partial charge on any atom is -0.309 e. The smallest absolute Gasteiger partial charge is 0.244 e. The van der Waals surface area contributed by atoms with Crippen molar-refractivity contribution in [3.05, 3.63) is 15.8 Å². The molecule has 0 spiro atoms. The first-order valence-corrected chi connectivity index (χ1v) is 10.00. The summed E-state index contributed by atoms with van der Waals surface area (Å²) >= 11 is 1.59. The van der Waals surface area contributed by atoms with Gasteiger partial charge >= 0.3 is 0 Å². The summed E-state index contributed by atoms with van der Waals surface area (Å²) in [5.41, 5.74) is 0. The Bertz CT molecular complexity index is 576. The Morgan fingerprint density at radius 3 is 2.62 bits per heavy atom. The number of nitrogens with one attached hydrogen (secondary N) is 1. The van der Waals surface area contributed by atoms with E-state index in [-0.39, 0.29) is 6.04 Å². The van der Waals surface area contributed by atoms with E-state index in [0.29, 0.717) is 17.5 Å². The van der Waals surface area contributed by atoms with E-state index >= 15 is 0 Å². The number of hydrogen-bond acceptors (Lipinski definition) is 4. The summed E-state index contributed by atoms with van der Waals surface area (Å²) < 4.78 is 27.3. The highest BCUT2D eigenvalue weighted by Gasteiger charge is 2.30. The highest BCUT2D eigenvalue weighted by atomic mass is 32.2. The summed E-state index contributed by atoms with van der Waals surface area (Å²) in [6.07, 6.45) is 3.31. The number of thiophene rings is 1. The highest BCUT2D eigenvalue weighted by molar-refractivity contribution is 7.89. The maximum Gasteiger partial charge on any atom is 0.244 e. The minimum absolute atomic E-state index is 0.0346. The Labute approximate surface area is 132 Å². The second-order valence-corrected chi connectivity index (χ2v) is 8.95. The maximum atomic E-state index is 12.9. The molecular weight excluding hydrogens is 304 g/mol.